The second-order valence-electron chi connectivity index (χ2n) is 8.28. The lowest BCUT2D eigenvalue weighted by Crippen LogP contribution is -2.41. The lowest BCUT2D eigenvalue weighted by Gasteiger charge is -2.35. The quantitative estimate of drug-likeness (QED) is 0.726. The molecule has 126 valence electrons. The van der Waals surface area contributed by atoms with Crippen molar-refractivity contribution in [3.63, 3.8) is 0 Å². The lowest BCUT2D eigenvalue weighted by atomic mass is 9.80. The highest BCUT2D eigenvalue weighted by molar-refractivity contribution is 5.83. The van der Waals surface area contributed by atoms with Crippen molar-refractivity contribution in [3.05, 3.63) is 0 Å². The van der Waals surface area contributed by atoms with Crippen molar-refractivity contribution in [2.45, 2.75) is 83.5 Å². The molecule has 0 aromatic rings. The molecule has 1 aliphatic heterocycles. The Morgan fingerprint density at radius 1 is 0.773 bits per heavy atom. The Bertz CT molecular complexity index is 342. The van der Waals surface area contributed by atoms with E-state index in [0.29, 0.717) is 11.7 Å². The summed E-state index contributed by atoms with van der Waals surface area (Å²) in [5.41, 5.74) is 0. The van der Waals surface area contributed by atoms with Crippen molar-refractivity contribution in [1.29, 1.82) is 0 Å². The van der Waals surface area contributed by atoms with Gasteiger partial charge in [0.25, 0.3) is 0 Å². The Kier molecular flexibility index (Phi) is 6.35. The average molecular weight is 306 g/mol. The van der Waals surface area contributed by atoms with Gasteiger partial charge in [-0.05, 0) is 50.5 Å². The highest BCUT2D eigenvalue weighted by Gasteiger charge is 2.27. The molecule has 0 aromatic carbocycles. The molecule has 3 aliphatic rings. The first-order valence-corrected chi connectivity index (χ1v) is 10.1. The summed E-state index contributed by atoms with van der Waals surface area (Å²) < 4.78 is 0. The Morgan fingerprint density at radius 3 is 2.14 bits per heavy atom. The second kappa shape index (κ2) is 8.47. The van der Waals surface area contributed by atoms with Gasteiger partial charge in [-0.3, -0.25) is 9.69 Å². The zero-order valence-corrected chi connectivity index (χ0v) is 14.4. The van der Waals surface area contributed by atoms with E-state index in [1.165, 1.54) is 83.7 Å². The predicted octanol–water partition coefficient (Wildman–Crippen LogP) is 4.82. The average Bonchev–Trinajstić information content (AvgIpc) is 2.57. The maximum absolute atomic E-state index is 12.5. The molecule has 0 bridgehead atoms. The van der Waals surface area contributed by atoms with Gasteiger partial charge in [0.15, 0.2) is 0 Å². The van der Waals surface area contributed by atoms with Gasteiger partial charge in [-0.2, -0.15) is 0 Å². The smallest absolute Gasteiger partial charge is 0.149 e. The molecule has 1 atom stereocenters. The van der Waals surface area contributed by atoms with Crippen molar-refractivity contribution < 1.29 is 4.79 Å². The molecule has 1 saturated heterocycles. The summed E-state index contributed by atoms with van der Waals surface area (Å²) >= 11 is 0. The van der Waals surface area contributed by atoms with Gasteiger partial charge in [-0.15, -0.1) is 0 Å². The standard InChI is InChI=1S/C20H35NO/c22-20(19-11-5-2-6-12-19)16-21-13-7-10-18(15-21)14-17-8-3-1-4-9-17/h17-19H,1-16H2. The molecule has 2 saturated carbocycles. The van der Waals surface area contributed by atoms with Gasteiger partial charge >= 0.3 is 0 Å². The largest absolute Gasteiger partial charge is 0.298 e. The van der Waals surface area contributed by atoms with E-state index in [2.05, 4.69) is 4.90 Å². The number of hydrogen-bond donors (Lipinski definition) is 0. The van der Waals surface area contributed by atoms with E-state index in [-0.39, 0.29) is 0 Å². The minimum absolute atomic E-state index is 0.396. The van der Waals surface area contributed by atoms with Crippen LogP contribution in [0.2, 0.25) is 0 Å². The third-order valence-corrected chi connectivity index (χ3v) is 6.43. The minimum Gasteiger partial charge on any atom is -0.298 e. The number of ketones is 1. The van der Waals surface area contributed by atoms with Crippen LogP contribution in [0.15, 0.2) is 0 Å². The van der Waals surface area contributed by atoms with Crippen LogP contribution in [0.3, 0.4) is 0 Å². The van der Waals surface area contributed by atoms with Crippen LogP contribution >= 0.6 is 0 Å². The van der Waals surface area contributed by atoms with Crippen LogP contribution in [0.25, 0.3) is 0 Å². The molecule has 2 nitrogen and oxygen atoms in total. The molecule has 0 spiro atoms. The molecule has 0 amide bonds. The number of likely N-dealkylation sites (tertiary alicyclic amines) is 1. The highest BCUT2D eigenvalue weighted by Crippen LogP contribution is 2.32. The van der Waals surface area contributed by atoms with Gasteiger partial charge in [0.1, 0.15) is 5.78 Å². The SMILES string of the molecule is O=C(CN1CCCC(CC2CCCCC2)C1)C1CCCCC1. The molecular formula is C20H35NO. The topological polar surface area (TPSA) is 20.3 Å². The molecule has 0 N–H and O–H groups in total. The summed E-state index contributed by atoms with van der Waals surface area (Å²) in [4.78, 5) is 15.0. The van der Waals surface area contributed by atoms with Gasteiger partial charge < -0.3 is 0 Å². The third kappa shape index (κ3) is 4.81. The van der Waals surface area contributed by atoms with Crippen LogP contribution in [-0.2, 0) is 4.79 Å². The number of carbonyl (C=O) groups excluding carboxylic acids is 1. The zero-order valence-electron chi connectivity index (χ0n) is 14.4. The minimum atomic E-state index is 0.396. The number of nitrogens with zero attached hydrogens (tertiary/aromatic N) is 1. The molecule has 0 aromatic heterocycles. The summed E-state index contributed by atoms with van der Waals surface area (Å²) in [7, 11) is 0. The first-order chi connectivity index (χ1) is 10.8. The molecule has 3 rings (SSSR count). The number of piperidine rings is 1. The molecule has 3 fully saturated rings. The first-order valence-electron chi connectivity index (χ1n) is 10.1. The first kappa shape index (κ1) is 16.5. The van der Waals surface area contributed by atoms with Gasteiger partial charge in [-0.1, -0.05) is 51.4 Å². The van der Waals surface area contributed by atoms with Gasteiger partial charge in [0, 0.05) is 12.5 Å². The summed E-state index contributed by atoms with van der Waals surface area (Å²) in [5, 5.41) is 0. The maximum Gasteiger partial charge on any atom is 0.149 e. The lowest BCUT2D eigenvalue weighted by molar-refractivity contribution is -0.125. The summed E-state index contributed by atoms with van der Waals surface area (Å²) in [5.74, 6) is 2.81. The predicted molar refractivity (Wildman–Crippen MR) is 91.9 cm³/mol. The number of carbonyl (C=O) groups is 1. The third-order valence-electron chi connectivity index (χ3n) is 6.43. The van der Waals surface area contributed by atoms with Gasteiger partial charge in [-0.25, -0.2) is 0 Å². The second-order valence-corrected chi connectivity index (χ2v) is 8.28. The fourth-order valence-corrected chi connectivity index (χ4v) is 5.16. The van der Waals surface area contributed by atoms with E-state index >= 15 is 0 Å². The monoisotopic (exact) mass is 305 g/mol. The molecule has 2 heteroatoms. The van der Waals surface area contributed by atoms with Gasteiger partial charge in [0.2, 0.25) is 0 Å². The maximum atomic E-state index is 12.5. The fraction of sp³-hybridized carbons (Fsp3) is 0.950. The summed E-state index contributed by atoms with van der Waals surface area (Å²) in [6.45, 7) is 3.13. The van der Waals surface area contributed by atoms with E-state index in [9.17, 15) is 4.79 Å². The van der Waals surface area contributed by atoms with Gasteiger partial charge in [0.05, 0.1) is 6.54 Å². The number of Topliss-reactive ketones (excluding diaryl/α,β-unsaturated/α-hetero) is 1. The molecular weight excluding hydrogens is 270 g/mol. The molecule has 22 heavy (non-hydrogen) atoms. The van der Waals surface area contributed by atoms with E-state index in [0.717, 1.165) is 31.2 Å². The van der Waals surface area contributed by atoms with Crippen molar-refractivity contribution in [2.75, 3.05) is 19.6 Å². The Morgan fingerprint density at radius 2 is 1.41 bits per heavy atom. The number of rotatable bonds is 5. The van der Waals surface area contributed by atoms with E-state index < -0.39 is 0 Å². The number of hydrogen-bond acceptors (Lipinski definition) is 2. The molecule has 1 heterocycles. The van der Waals surface area contributed by atoms with Crippen molar-refractivity contribution in [1.82, 2.24) is 4.90 Å². The summed E-state index contributed by atoms with van der Waals surface area (Å²) in [6.07, 6.45) is 17.7. The Balaban J connectivity index is 1.42. The molecule has 2 aliphatic carbocycles. The normalized spacial score (nSPS) is 29.5. The van der Waals surface area contributed by atoms with Crippen LogP contribution in [-0.4, -0.2) is 30.3 Å². The van der Waals surface area contributed by atoms with Crippen molar-refractivity contribution in [2.24, 2.45) is 17.8 Å². The van der Waals surface area contributed by atoms with E-state index in [1.807, 2.05) is 0 Å². The molecule has 1 unspecified atom stereocenters. The van der Waals surface area contributed by atoms with Crippen LogP contribution in [0, 0.1) is 17.8 Å². The van der Waals surface area contributed by atoms with Crippen molar-refractivity contribution >= 4 is 5.78 Å². The van der Waals surface area contributed by atoms with E-state index in [1.54, 1.807) is 0 Å². The van der Waals surface area contributed by atoms with Crippen LogP contribution < -0.4 is 0 Å². The fourth-order valence-electron chi connectivity index (χ4n) is 5.16. The zero-order chi connectivity index (χ0) is 15.2. The summed E-state index contributed by atoms with van der Waals surface area (Å²) in [6, 6.07) is 0. The van der Waals surface area contributed by atoms with Crippen LogP contribution in [0.5, 0.6) is 0 Å². The van der Waals surface area contributed by atoms with E-state index in [4.69, 9.17) is 0 Å². The molecule has 0 radical (unpaired) electrons. The Hall–Kier alpha value is -0.370. The van der Waals surface area contributed by atoms with Crippen LogP contribution in [0.4, 0.5) is 0 Å². The highest BCUT2D eigenvalue weighted by atomic mass is 16.1. The van der Waals surface area contributed by atoms with Crippen molar-refractivity contribution in [3.8, 4) is 0 Å². The van der Waals surface area contributed by atoms with Crippen LogP contribution in [0.1, 0.15) is 83.5 Å². The Labute approximate surface area is 137 Å².